The molecule has 1 aromatic carbocycles. The van der Waals surface area contributed by atoms with Crippen LogP contribution in [0.3, 0.4) is 0 Å². The van der Waals surface area contributed by atoms with Crippen molar-refractivity contribution in [2.45, 2.75) is 26.4 Å². The topological polar surface area (TPSA) is 41.5 Å². The Kier molecular flexibility index (Phi) is 4.45. The Morgan fingerprint density at radius 1 is 1.12 bits per heavy atom. The lowest BCUT2D eigenvalue weighted by atomic mass is 10.0. The molecule has 126 valence electrons. The van der Waals surface area contributed by atoms with Gasteiger partial charge in [-0.15, -0.1) is 0 Å². The molecule has 2 aliphatic heterocycles. The second-order valence-electron chi connectivity index (χ2n) is 6.63. The smallest absolute Gasteiger partial charge is 0.225 e. The Labute approximate surface area is 143 Å². The van der Waals surface area contributed by atoms with Crippen molar-refractivity contribution < 1.29 is 4.74 Å². The molecule has 0 unspecified atom stereocenters. The number of aromatic nitrogens is 2. The Morgan fingerprint density at radius 2 is 1.96 bits per heavy atom. The van der Waals surface area contributed by atoms with E-state index in [0.29, 0.717) is 0 Å². The van der Waals surface area contributed by atoms with Crippen LogP contribution in [0.1, 0.15) is 22.4 Å². The van der Waals surface area contributed by atoms with Crippen molar-refractivity contribution in [1.29, 1.82) is 0 Å². The fourth-order valence-electron chi connectivity index (χ4n) is 3.44. The maximum atomic E-state index is 5.41. The van der Waals surface area contributed by atoms with E-state index in [1.807, 2.05) is 6.20 Å². The first kappa shape index (κ1) is 15.5. The largest absolute Gasteiger partial charge is 0.378 e. The summed E-state index contributed by atoms with van der Waals surface area (Å²) in [5, 5.41) is 0. The van der Waals surface area contributed by atoms with Crippen LogP contribution < -0.4 is 4.90 Å². The predicted molar refractivity (Wildman–Crippen MR) is 94.1 cm³/mol. The summed E-state index contributed by atoms with van der Waals surface area (Å²) in [6, 6.07) is 8.64. The standard InChI is InChI=1S/C19H24N4O/c1-15-4-2-3-5-16(15)13-22-7-6-18-17(14-22)12-20-19(21-18)23-8-10-24-11-9-23/h2-5,12H,6-11,13-14H2,1H3. The molecule has 3 heterocycles. The van der Waals surface area contributed by atoms with Crippen molar-refractivity contribution in [2.24, 2.45) is 0 Å². The molecule has 2 aromatic rings. The SMILES string of the molecule is Cc1ccccc1CN1CCc2nc(N3CCOCC3)ncc2C1. The van der Waals surface area contributed by atoms with E-state index in [2.05, 4.69) is 46.0 Å². The molecule has 0 aliphatic carbocycles. The van der Waals surface area contributed by atoms with E-state index in [4.69, 9.17) is 9.72 Å². The Hall–Kier alpha value is -1.98. The number of aryl methyl sites for hydroxylation is 1. The molecule has 1 saturated heterocycles. The zero-order chi connectivity index (χ0) is 16.4. The van der Waals surface area contributed by atoms with Crippen LogP contribution in [0.25, 0.3) is 0 Å². The van der Waals surface area contributed by atoms with Crippen molar-refractivity contribution in [1.82, 2.24) is 14.9 Å². The van der Waals surface area contributed by atoms with Gasteiger partial charge < -0.3 is 9.64 Å². The number of fused-ring (bicyclic) bond motifs is 1. The lowest BCUT2D eigenvalue weighted by Crippen LogP contribution is -2.38. The number of rotatable bonds is 3. The lowest BCUT2D eigenvalue weighted by Gasteiger charge is -2.31. The van der Waals surface area contributed by atoms with E-state index < -0.39 is 0 Å². The summed E-state index contributed by atoms with van der Waals surface area (Å²) in [5.41, 5.74) is 5.26. The van der Waals surface area contributed by atoms with Crippen LogP contribution in [0.4, 0.5) is 5.95 Å². The number of morpholine rings is 1. The number of hydrogen-bond acceptors (Lipinski definition) is 5. The zero-order valence-corrected chi connectivity index (χ0v) is 14.2. The number of anilines is 1. The Balaban J connectivity index is 1.46. The highest BCUT2D eigenvalue weighted by Gasteiger charge is 2.21. The summed E-state index contributed by atoms with van der Waals surface area (Å²) in [4.78, 5) is 14.2. The number of nitrogens with zero attached hydrogens (tertiary/aromatic N) is 4. The molecule has 5 heteroatoms. The van der Waals surface area contributed by atoms with E-state index >= 15 is 0 Å². The highest BCUT2D eigenvalue weighted by Crippen LogP contribution is 2.22. The van der Waals surface area contributed by atoms with E-state index in [9.17, 15) is 0 Å². The van der Waals surface area contributed by atoms with Crippen LogP contribution in [0.5, 0.6) is 0 Å². The molecule has 0 atom stereocenters. The fraction of sp³-hybridized carbons (Fsp3) is 0.474. The van der Waals surface area contributed by atoms with Gasteiger partial charge in [-0.3, -0.25) is 4.90 Å². The third-order valence-electron chi connectivity index (χ3n) is 4.95. The van der Waals surface area contributed by atoms with Gasteiger partial charge in [-0.25, -0.2) is 9.97 Å². The zero-order valence-electron chi connectivity index (χ0n) is 14.2. The van der Waals surface area contributed by atoms with E-state index in [1.54, 1.807) is 0 Å². The molecule has 24 heavy (non-hydrogen) atoms. The molecule has 0 bridgehead atoms. The molecule has 1 fully saturated rings. The minimum atomic E-state index is 0.769. The summed E-state index contributed by atoms with van der Waals surface area (Å²) in [6.07, 6.45) is 3.03. The first-order valence-electron chi connectivity index (χ1n) is 8.74. The van der Waals surface area contributed by atoms with Crippen LogP contribution in [-0.4, -0.2) is 47.7 Å². The third-order valence-corrected chi connectivity index (χ3v) is 4.95. The highest BCUT2D eigenvalue weighted by molar-refractivity contribution is 5.35. The van der Waals surface area contributed by atoms with Crippen LogP contribution >= 0.6 is 0 Å². The molecule has 0 amide bonds. The van der Waals surface area contributed by atoms with Crippen molar-refractivity contribution >= 4 is 5.95 Å². The molecular weight excluding hydrogens is 300 g/mol. The van der Waals surface area contributed by atoms with Gasteiger partial charge in [-0.1, -0.05) is 24.3 Å². The number of benzene rings is 1. The van der Waals surface area contributed by atoms with E-state index in [1.165, 1.54) is 22.4 Å². The van der Waals surface area contributed by atoms with Gasteiger partial charge in [-0.2, -0.15) is 0 Å². The summed E-state index contributed by atoms with van der Waals surface area (Å²) >= 11 is 0. The first-order valence-corrected chi connectivity index (χ1v) is 8.74. The molecule has 2 aliphatic rings. The normalized spacial score (nSPS) is 18.5. The third kappa shape index (κ3) is 3.28. The number of ether oxygens (including phenoxy) is 1. The summed E-state index contributed by atoms with van der Waals surface area (Å²) in [7, 11) is 0. The molecule has 4 rings (SSSR count). The molecule has 5 nitrogen and oxygen atoms in total. The van der Waals surface area contributed by atoms with Gasteiger partial charge in [0.2, 0.25) is 5.95 Å². The van der Waals surface area contributed by atoms with Crippen molar-refractivity contribution in [2.75, 3.05) is 37.7 Å². The van der Waals surface area contributed by atoms with Gasteiger partial charge in [-0.05, 0) is 18.1 Å². The fourth-order valence-corrected chi connectivity index (χ4v) is 3.44. The summed E-state index contributed by atoms with van der Waals surface area (Å²) < 4.78 is 5.41. The second kappa shape index (κ2) is 6.87. The van der Waals surface area contributed by atoms with Crippen molar-refractivity contribution in [3.05, 3.63) is 52.8 Å². The first-order chi connectivity index (χ1) is 11.8. The van der Waals surface area contributed by atoms with E-state index in [-0.39, 0.29) is 0 Å². The molecule has 0 N–H and O–H groups in total. The predicted octanol–water partition coefficient (Wildman–Crippen LogP) is 2.18. The molecule has 0 spiro atoms. The van der Waals surface area contributed by atoms with Crippen molar-refractivity contribution in [3.63, 3.8) is 0 Å². The molecule has 1 aromatic heterocycles. The maximum Gasteiger partial charge on any atom is 0.225 e. The van der Waals surface area contributed by atoms with Crippen LogP contribution in [0, 0.1) is 6.92 Å². The van der Waals surface area contributed by atoms with Gasteiger partial charge in [0.25, 0.3) is 0 Å². The van der Waals surface area contributed by atoms with Crippen LogP contribution in [-0.2, 0) is 24.2 Å². The lowest BCUT2D eigenvalue weighted by molar-refractivity contribution is 0.122. The minimum absolute atomic E-state index is 0.769. The molecule has 0 saturated carbocycles. The highest BCUT2D eigenvalue weighted by atomic mass is 16.5. The Bertz CT molecular complexity index is 712. The number of hydrogen-bond donors (Lipinski definition) is 0. The van der Waals surface area contributed by atoms with Gasteiger partial charge in [0.15, 0.2) is 0 Å². The summed E-state index contributed by atoms with van der Waals surface area (Å²) in [6.45, 7) is 8.49. The summed E-state index contributed by atoms with van der Waals surface area (Å²) in [5.74, 6) is 0.865. The molecular formula is C19H24N4O. The van der Waals surface area contributed by atoms with E-state index in [0.717, 1.165) is 58.3 Å². The van der Waals surface area contributed by atoms with Crippen molar-refractivity contribution in [3.8, 4) is 0 Å². The quantitative estimate of drug-likeness (QED) is 0.866. The maximum absolute atomic E-state index is 5.41. The average molecular weight is 324 g/mol. The van der Waals surface area contributed by atoms with Gasteiger partial charge in [0.05, 0.1) is 18.9 Å². The minimum Gasteiger partial charge on any atom is -0.378 e. The molecule has 0 radical (unpaired) electrons. The van der Waals surface area contributed by atoms with Crippen LogP contribution in [0.15, 0.2) is 30.5 Å². The van der Waals surface area contributed by atoms with Gasteiger partial charge in [0.1, 0.15) is 0 Å². The average Bonchev–Trinajstić information content (AvgIpc) is 2.64. The van der Waals surface area contributed by atoms with Gasteiger partial charge >= 0.3 is 0 Å². The Morgan fingerprint density at radius 3 is 2.79 bits per heavy atom. The van der Waals surface area contributed by atoms with Gasteiger partial charge in [0, 0.05) is 50.9 Å². The van der Waals surface area contributed by atoms with Crippen LogP contribution in [0.2, 0.25) is 0 Å². The monoisotopic (exact) mass is 324 g/mol. The second-order valence-corrected chi connectivity index (χ2v) is 6.63.